The van der Waals surface area contributed by atoms with Crippen molar-refractivity contribution in [2.24, 2.45) is 5.73 Å². The smallest absolute Gasteiger partial charge is 0.258 e. The second kappa shape index (κ2) is 6.52. The van der Waals surface area contributed by atoms with Crippen LogP contribution >= 0.6 is 0 Å². The van der Waals surface area contributed by atoms with Crippen molar-refractivity contribution >= 4 is 5.91 Å². The fraction of sp³-hybridized carbons (Fsp3) is 0.500. The van der Waals surface area contributed by atoms with Crippen LogP contribution in [0.4, 0.5) is 4.39 Å². The highest BCUT2D eigenvalue weighted by atomic mass is 19.1. The standard InChI is InChI=1S/C14H21FN2O2/c1-4-14(2,3)17-13(18)9-19-11-6-5-10(8-16)12(15)7-11/h5-7H,4,8-9,16H2,1-3H3,(H,17,18). The van der Waals surface area contributed by atoms with E-state index in [-0.39, 0.29) is 24.6 Å². The second-order valence-corrected chi connectivity index (χ2v) is 5.03. The summed E-state index contributed by atoms with van der Waals surface area (Å²) in [6.07, 6.45) is 0.818. The van der Waals surface area contributed by atoms with Gasteiger partial charge in [0.2, 0.25) is 0 Å². The third-order valence-corrected chi connectivity index (χ3v) is 2.98. The zero-order chi connectivity index (χ0) is 14.5. The van der Waals surface area contributed by atoms with Crippen molar-refractivity contribution in [3.8, 4) is 5.75 Å². The SMILES string of the molecule is CCC(C)(C)NC(=O)COc1ccc(CN)c(F)c1. The molecule has 0 saturated heterocycles. The molecule has 0 aromatic heterocycles. The summed E-state index contributed by atoms with van der Waals surface area (Å²) in [7, 11) is 0. The Kier molecular flexibility index (Phi) is 5.30. The van der Waals surface area contributed by atoms with Gasteiger partial charge < -0.3 is 15.8 Å². The third-order valence-electron chi connectivity index (χ3n) is 2.98. The molecule has 0 bridgehead atoms. The molecule has 5 heteroatoms. The normalized spacial score (nSPS) is 11.2. The second-order valence-electron chi connectivity index (χ2n) is 5.03. The summed E-state index contributed by atoms with van der Waals surface area (Å²) in [5.74, 6) is -0.330. The Morgan fingerprint density at radius 1 is 1.47 bits per heavy atom. The van der Waals surface area contributed by atoms with Gasteiger partial charge in [-0.2, -0.15) is 0 Å². The van der Waals surface area contributed by atoms with E-state index in [2.05, 4.69) is 5.32 Å². The van der Waals surface area contributed by atoms with Crippen LogP contribution < -0.4 is 15.8 Å². The van der Waals surface area contributed by atoms with Crippen LogP contribution in [-0.4, -0.2) is 18.1 Å². The number of amides is 1. The lowest BCUT2D eigenvalue weighted by Crippen LogP contribution is -2.44. The van der Waals surface area contributed by atoms with Gasteiger partial charge in [-0.1, -0.05) is 13.0 Å². The number of carbonyl (C=O) groups excluding carboxylic acids is 1. The molecule has 1 aromatic carbocycles. The molecule has 3 N–H and O–H groups in total. The van der Waals surface area contributed by atoms with Gasteiger partial charge in [0.25, 0.3) is 5.91 Å². The predicted octanol–water partition coefficient (Wildman–Crippen LogP) is 1.97. The monoisotopic (exact) mass is 268 g/mol. The van der Waals surface area contributed by atoms with Gasteiger partial charge in [-0.25, -0.2) is 4.39 Å². The topological polar surface area (TPSA) is 64.3 Å². The minimum atomic E-state index is -0.422. The summed E-state index contributed by atoms with van der Waals surface area (Å²) >= 11 is 0. The van der Waals surface area contributed by atoms with E-state index >= 15 is 0 Å². The summed E-state index contributed by atoms with van der Waals surface area (Å²) in [5.41, 5.74) is 5.51. The van der Waals surface area contributed by atoms with E-state index in [4.69, 9.17) is 10.5 Å². The maximum Gasteiger partial charge on any atom is 0.258 e. The Morgan fingerprint density at radius 3 is 2.68 bits per heavy atom. The summed E-state index contributed by atoms with van der Waals surface area (Å²) in [5, 5.41) is 2.84. The molecule has 1 aromatic rings. The lowest BCUT2D eigenvalue weighted by Gasteiger charge is -2.24. The number of rotatable bonds is 6. The molecule has 4 nitrogen and oxygen atoms in total. The van der Waals surface area contributed by atoms with Gasteiger partial charge in [-0.05, 0) is 26.3 Å². The van der Waals surface area contributed by atoms with Crippen LogP contribution in [0.15, 0.2) is 18.2 Å². The highest BCUT2D eigenvalue weighted by Gasteiger charge is 2.17. The van der Waals surface area contributed by atoms with Crippen LogP contribution in [0.1, 0.15) is 32.8 Å². The van der Waals surface area contributed by atoms with Crippen molar-refractivity contribution in [3.63, 3.8) is 0 Å². The number of nitrogens with one attached hydrogen (secondary N) is 1. The minimum absolute atomic E-state index is 0.134. The van der Waals surface area contributed by atoms with Crippen molar-refractivity contribution in [1.82, 2.24) is 5.32 Å². The highest BCUT2D eigenvalue weighted by Crippen LogP contribution is 2.16. The Labute approximate surface area is 113 Å². The predicted molar refractivity (Wildman–Crippen MR) is 72.3 cm³/mol. The lowest BCUT2D eigenvalue weighted by atomic mass is 10.0. The van der Waals surface area contributed by atoms with Gasteiger partial charge in [0.15, 0.2) is 6.61 Å². The Morgan fingerprint density at radius 2 is 2.16 bits per heavy atom. The molecule has 19 heavy (non-hydrogen) atoms. The van der Waals surface area contributed by atoms with Crippen molar-refractivity contribution in [2.75, 3.05) is 6.61 Å². The number of ether oxygens (including phenoxy) is 1. The first-order valence-electron chi connectivity index (χ1n) is 6.30. The van der Waals surface area contributed by atoms with Gasteiger partial charge in [-0.15, -0.1) is 0 Å². The number of carbonyl (C=O) groups is 1. The van der Waals surface area contributed by atoms with E-state index < -0.39 is 5.82 Å². The molecule has 0 heterocycles. The average Bonchev–Trinajstić information content (AvgIpc) is 2.36. The van der Waals surface area contributed by atoms with E-state index in [1.165, 1.54) is 6.07 Å². The first-order chi connectivity index (χ1) is 8.88. The Balaban J connectivity index is 2.53. The molecule has 1 rings (SSSR count). The van der Waals surface area contributed by atoms with Gasteiger partial charge in [-0.3, -0.25) is 4.79 Å². The molecule has 106 valence electrons. The van der Waals surface area contributed by atoms with Crippen LogP contribution in [0.2, 0.25) is 0 Å². The Hall–Kier alpha value is -1.62. The first kappa shape index (κ1) is 15.4. The molecule has 0 unspecified atom stereocenters. The molecule has 0 fully saturated rings. The van der Waals surface area contributed by atoms with Crippen molar-refractivity contribution < 1.29 is 13.9 Å². The van der Waals surface area contributed by atoms with Crippen LogP contribution in [0.25, 0.3) is 0 Å². The Bertz CT molecular complexity index is 447. The van der Waals surface area contributed by atoms with E-state index in [0.717, 1.165) is 6.42 Å². The maximum atomic E-state index is 13.4. The number of hydrogen-bond donors (Lipinski definition) is 2. The van der Waals surface area contributed by atoms with E-state index in [1.54, 1.807) is 12.1 Å². The van der Waals surface area contributed by atoms with Crippen LogP contribution in [0, 0.1) is 5.82 Å². The average molecular weight is 268 g/mol. The van der Waals surface area contributed by atoms with E-state index in [9.17, 15) is 9.18 Å². The number of hydrogen-bond acceptors (Lipinski definition) is 3. The summed E-state index contributed by atoms with van der Waals surface area (Å²) in [6, 6.07) is 4.39. The molecule has 0 aliphatic carbocycles. The molecule has 0 radical (unpaired) electrons. The van der Waals surface area contributed by atoms with Crippen LogP contribution in [0.3, 0.4) is 0 Å². The molecule has 0 aliphatic rings. The zero-order valence-corrected chi connectivity index (χ0v) is 11.6. The molecule has 0 aliphatic heterocycles. The lowest BCUT2D eigenvalue weighted by molar-refractivity contribution is -0.124. The number of nitrogens with two attached hydrogens (primary N) is 1. The van der Waals surface area contributed by atoms with Crippen molar-refractivity contribution in [3.05, 3.63) is 29.6 Å². The van der Waals surface area contributed by atoms with E-state index in [1.807, 2.05) is 20.8 Å². The highest BCUT2D eigenvalue weighted by molar-refractivity contribution is 5.78. The summed E-state index contributed by atoms with van der Waals surface area (Å²) < 4.78 is 18.7. The van der Waals surface area contributed by atoms with Crippen molar-refractivity contribution in [1.29, 1.82) is 0 Å². The van der Waals surface area contributed by atoms with Crippen LogP contribution in [-0.2, 0) is 11.3 Å². The van der Waals surface area contributed by atoms with E-state index in [0.29, 0.717) is 11.3 Å². The molecule has 0 atom stereocenters. The largest absolute Gasteiger partial charge is 0.484 e. The zero-order valence-electron chi connectivity index (χ0n) is 11.6. The fourth-order valence-electron chi connectivity index (χ4n) is 1.43. The molecular weight excluding hydrogens is 247 g/mol. The number of benzene rings is 1. The number of halogens is 1. The summed E-state index contributed by atoms with van der Waals surface area (Å²) in [6.45, 7) is 5.85. The minimum Gasteiger partial charge on any atom is -0.484 e. The summed E-state index contributed by atoms with van der Waals surface area (Å²) in [4.78, 5) is 11.6. The third kappa shape index (κ3) is 4.87. The van der Waals surface area contributed by atoms with Gasteiger partial charge in [0.1, 0.15) is 11.6 Å². The fourth-order valence-corrected chi connectivity index (χ4v) is 1.43. The molecule has 1 amide bonds. The van der Waals surface area contributed by atoms with Gasteiger partial charge in [0.05, 0.1) is 0 Å². The molecular formula is C14H21FN2O2. The van der Waals surface area contributed by atoms with Gasteiger partial charge in [0, 0.05) is 23.7 Å². The maximum absolute atomic E-state index is 13.4. The molecule has 0 spiro atoms. The van der Waals surface area contributed by atoms with Crippen LogP contribution in [0.5, 0.6) is 5.75 Å². The first-order valence-corrected chi connectivity index (χ1v) is 6.30. The molecule has 0 saturated carbocycles. The quantitative estimate of drug-likeness (QED) is 0.829. The van der Waals surface area contributed by atoms with Crippen molar-refractivity contribution in [2.45, 2.75) is 39.3 Å². The van der Waals surface area contributed by atoms with Gasteiger partial charge >= 0.3 is 0 Å².